The fourth-order valence-electron chi connectivity index (χ4n) is 9.15. The first-order valence-corrected chi connectivity index (χ1v) is 14.2. The van der Waals surface area contributed by atoms with Gasteiger partial charge in [0.25, 0.3) is 0 Å². The summed E-state index contributed by atoms with van der Waals surface area (Å²) >= 11 is 0. The Bertz CT molecular complexity index is 1170. The number of methoxy groups -OCH3 is 1. The molecule has 1 N–H and O–H groups in total. The highest BCUT2D eigenvalue weighted by Crippen LogP contribution is 2.68. The minimum Gasteiger partial charge on any atom is -0.458 e. The van der Waals surface area contributed by atoms with E-state index in [-0.39, 0.29) is 30.7 Å². The number of carbonyl (C=O) groups is 2. The summed E-state index contributed by atoms with van der Waals surface area (Å²) in [5, 5.41) is 11.5. The summed E-state index contributed by atoms with van der Waals surface area (Å²) in [5.74, 6) is -1.10. The largest absolute Gasteiger partial charge is 0.458 e. The lowest BCUT2D eigenvalue weighted by Gasteiger charge is -2.69. The number of aliphatic hydroxyl groups is 1. The molecule has 5 rings (SSSR count). The minimum absolute atomic E-state index is 0.122. The zero-order valence-electron chi connectivity index (χ0n) is 24.6. The topological polar surface area (TPSA) is 91.3 Å². The lowest BCUT2D eigenvalue weighted by molar-refractivity contribution is -0.349. The second-order valence-electron chi connectivity index (χ2n) is 13.4. The van der Waals surface area contributed by atoms with Crippen molar-refractivity contribution in [3.63, 3.8) is 0 Å². The van der Waals surface area contributed by atoms with Crippen LogP contribution in [-0.2, 0) is 23.7 Å². The maximum absolute atomic E-state index is 13.8. The monoisotopic (exact) mass is 540 g/mol. The van der Waals surface area contributed by atoms with Gasteiger partial charge >= 0.3 is 11.9 Å². The molecule has 3 aliphatic carbocycles. The number of ether oxygens (including phenoxy) is 4. The van der Waals surface area contributed by atoms with E-state index in [2.05, 4.69) is 34.6 Å². The van der Waals surface area contributed by atoms with Gasteiger partial charge in [-0.05, 0) is 48.8 Å². The average Bonchev–Trinajstić information content (AvgIpc) is 2.85. The highest BCUT2D eigenvalue weighted by molar-refractivity contribution is 5.89. The van der Waals surface area contributed by atoms with Crippen molar-refractivity contribution in [3.8, 4) is 0 Å². The molecular formula is C32H44O7. The highest BCUT2D eigenvalue weighted by Gasteiger charge is 2.74. The Hall–Kier alpha value is -2.22. The number of benzene rings is 1. The summed E-state index contributed by atoms with van der Waals surface area (Å²) in [6.07, 6.45) is -0.196. The van der Waals surface area contributed by atoms with E-state index in [0.717, 1.165) is 12.0 Å². The van der Waals surface area contributed by atoms with Crippen LogP contribution < -0.4 is 0 Å². The second kappa shape index (κ2) is 9.42. The molecular weight excluding hydrogens is 496 g/mol. The molecule has 0 amide bonds. The van der Waals surface area contributed by atoms with Gasteiger partial charge in [-0.3, -0.25) is 4.79 Å². The van der Waals surface area contributed by atoms with E-state index < -0.39 is 45.9 Å². The molecule has 214 valence electrons. The molecule has 0 unspecified atom stereocenters. The van der Waals surface area contributed by atoms with Gasteiger partial charge in [0.1, 0.15) is 12.2 Å². The van der Waals surface area contributed by atoms with Gasteiger partial charge in [0, 0.05) is 37.2 Å². The van der Waals surface area contributed by atoms with Crippen molar-refractivity contribution in [1.82, 2.24) is 0 Å². The summed E-state index contributed by atoms with van der Waals surface area (Å²) in [7, 11) is 1.72. The maximum atomic E-state index is 13.8. The molecule has 1 aliphatic heterocycles. The van der Waals surface area contributed by atoms with Gasteiger partial charge in [0.2, 0.25) is 0 Å². The van der Waals surface area contributed by atoms with Gasteiger partial charge < -0.3 is 24.1 Å². The molecule has 0 radical (unpaired) electrons. The molecule has 1 saturated heterocycles. The molecule has 39 heavy (non-hydrogen) atoms. The van der Waals surface area contributed by atoms with Crippen LogP contribution in [0.15, 0.2) is 41.5 Å². The van der Waals surface area contributed by atoms with Crippen molar-refractivity contribution in [3.05, 3.63) is 47.0 Å². The first-order chi connectivity index (χ1) is 18.2. The van der Waals surface area contributed by atoms with Crippen LogP contribution in [0.2, 0.25) is 0 Å². The zero-order chi connectivity index (χ0) is 28.5. The van der Waals surface area contributed by atoms with E-state index in [1.165, 1.54) is 12.5 Å². The summed E-state index contributed by atoms with van der Waals surface area (Å²) in [5.41, 5.74) is 0.0931. The van der Waals surface area contributed by atoms with Crippen LogP contribution in [0.25, 0.3) is 0 Å². The number of aliphatic hydroxyl groups excluding tert-OH is 1. The lowest BCUT2D eigenvalue weighted by Crippen LogP contribution is -2.78. The number of esters is 2. The van der Waals surface area contributed by atoms with E-state index in [0.29, 0.717) is 18.4 Å². The van der Waals surface area contributed by atoms with Crippen LogP contribution in [0, 0.1) is 28.1 Å². The molecule has 2 saturated carbocycles. The predicted molar refractivity (Wildman–Crippen MR) is 146 cm³/mol. The first kappa shape index (κ1) is 28.3. The number of rotatable bonds is 4. The normalized spacial score (nSPS) is 42.7. The summed E-state index contributed by atoms with van der Waals surface area (Å²) < 4.78 is 25.2. The fraction of sp³-hybridized carbons (Fsp3) is 0.688. The van der Waals surface area contributed by atoms with Crippen molar-refractivity contribution >= 4 is 11.9 Å². The molecule has 0 spiro atoms. The molecule has 9 atom stereocenters. The molecule has 4 aliphatic rings. The van der Waals surface area contributed by atoms with Gasteiger partial charge in [-0.2, -0.15) is 0 Å². The van der Waals surface area contributed by atoms with E-state index in [9.17, 15) is 14.7 Å². The number of fused-ring (bicyclic) bond motifs is 5. The minimum atomic E-state index is -0.964. The predicted octanol–water partition coefficient (Wildman–Crippen LogP) is 5.11. The van der Waals surface area contributed by atoms with Gasteiger partial charge in [0.05, 0.1) is 24.4 Å². The van der Waals surface area contributed by atoms with Gasteiger partial charge in [-0.15, -0.1) is 0 Å². The maximum Gasteiger partial charge on any atom is 0.338 e. The van der Waals surface area contributed by atoms with E-state index in [1.807, 2.05) is 25.1 Å². The van der Waals surface area contributed by atoms with Crippen molar-refractivity contribution in [1.29, 1.82) is 0 Å². The van der Waals surface area contributed by atoms with Gasteiger partial charge in [-0.1, -0.05) is 58.4 Å². The number of carbonyl (C=O) groups excluding carboxylic acids is 2. The second-order valence-corrected chi connectivity index (χ2v) is 13.4. The van der Waals surface area contributed by atoms with Crippen molar-refractivity contribution in [2.45, 2.75) is 97.7 Å². The third-order valence-electron chi connectivity index (χ3n) is 11.1. The quantitative estimate of drug-likeness (QED) is 0.419. The molecule has 3 fully saturated rings. The molecule has 2 bridgehead atoms. The molecule has 1 aromatic carbocycles. The molecule has 7 nitrogen and oxygen atoms in total. The van der Waals surface area contributed by atoms with Crippen LogP contribution in [0.4, 0.5) is 0 Å². The van der Waals surface area contributed by atoms with Crippen molar-refractivity contribution in [2.75, 3.05) is 13.7 Å². The highest BCUT2D eigenvalue weighted by atomic mass is 16.6. The Morgan fingerprint density at radius 2 is 1.74 bits per heavy atom. The van der Waals surface area contributed by atoms with Crippen LogP contribution in [0.5, 0.6) is 0 Å². The van der Waals surface area contributed by atoms with Gasteiger partial charge in [0.15, 0.2) is 5.60 Å². The Labute approximate surface area is 232 Å². The molecule has 0 aromatic heterocycles. The fourth-order valence-corrected chi connectivity index (χ4v) is 9.15. The Morgan fingerprint density at radius 3 is 2.31 bits per heavy atom. The molecule has 1 aromatic rings. The lowest BCUT2D eigenvalue weighted by atomic mass is 9.41. The smallest absolute Gasteiger partial charge is 0.338 e. The Kier molecular flexibility index (Phi) is 6.84. The third kappa shape index (κ3) is 3.94. The zero-order valence-corrected chi connectivity index (χ0v) is 24.6. The van der Waals surface area contributed by atoms with Crippen LogP contribution in [0.3, 0.4) is 0 Å². The van der Waals surface area contributed by atoms with E-state index in [4.69, 9.17) is 18.9 Å². The average molecular weight is 541 g/mol. The van der Waals surface area contributed by atoms with Crippen LogP contribution >= 0.6 is 0 Å². The SMILES string of the molecule is CO[C@H]1C[C@H]2OC[C@@]2(OC(C)=O)[C@H]2[C@H](OC(=O)c3ccccc3)[C@]3(C)C[C@H](O)C(C)=C([C@@H](C)C[C@]12C)C3(C)C. The first-order valence-electron chi connectivity index (χ1n) is 14.2. The van der Waals surface area contributed by atoms with E-state index in [1.54, 1.807) is 19.2 Å². The number of allylic oxidation sites excluding steroid dienone is 1. The van der Waals surface area contributed by atoms with Crippen LogP contribution in [0.1, 0.15) is 78.1 Å². The van der Waals surface area contributed by atoms with Crippen molar-refractivity contribution < 1.29 is 33.6 Å². The van der Waals surface area contributed by atoms with Gasteiger partial charge in [-0.25, -0.2) is 4.79 Å². The Balaban J connectivity index is 1.78. The number of hydrogen-bond acceptors (Lipinski definition) is 7. The summed E-state index contributed by atoms with van der Waals surface area (Å²) in [6, 6.07) is 9.00. The van der Waals surface area contributed by atoms with E-state index >= 15 is 0 Å². The molecule has 7 heteroatoms. The summed E-state index contributed by atoms with van der Waals surface area (Å²) in [4.78, 5) is 26.5. The van der Waals surface area contributed by atoms with Crippen molar-refractivity contribution in [2.24, 2.45) is 28.1 Å². The standard InChI is InChI=1S/C32H44O7/c1-18-15-30(6)23(36-8)14-24-32(17-37-24,39-20(3)33)26(30)27(38-28(35)21-12-10-9-11-13-21)31(7)16-22(34)19(2)25(18)29(31,4)5/h9-13,18,22-24,26-27,34H,14-17H2,1-8H3/t18-,22-,23-,24+,26-,27-,30+,31-,32-/m0/s1. The third-order valence-corrected chi connectivity index (χ3v) is 11.1. The van der Waals surface area contributed by atoms with Crippen LogP contribution in [-0.4, -0.2) is 60.8 Å². The Morgan fingerprint density at radius 1 is 1.08 bits per heavy atom. The summed E-state index contributed by atoms with van der Waals surface area (Å²) in [6.45, 7) is 14.7. The molecule has 1 heterocycles. The number of hydrogen-bond donors (Lipinski definition) is 1.